The maximum atomic E-state index is 12.1. The number of amides is 2. The van der Waals surface area contributed by atoms with E-state index in [-0.39, 0.29) is 5.69 Å². The first-order valence-corrected chi connectivity index (χ1v) is 8.93. The highest BCUT2D eigenvalue weighted by atomic mass is 19.4. The summed E-state index contributed by atoms with van der Waals surface area (Å²) in [6, 6.07) is 4.56. The zero-order valence-corrected chi connectivity index (χ0v) is 15.6. The average molecular weight is 403 g/mol. The van der Waals surface area contributed by atoms with Gasteiger partial charge in [-0.25, -0.2) is 0 Å². The summed E-state index contributed by atoms with van der Waals surface area (Å²) in [5.74, 6) is -1.76. The summed E-state index contributed by atoms with van der Waals surface area (Å²) >= 11 is 0. The third-order valence-electron chi connectivity index (χ3n) is 4.42. The van der Waals surface area contributed by atoms with Crippen LogP contribution in [0.5, 0.6) is 5.75 Å². The lowest BCUT2D eigenvalue weighted by Crippen LogP contribution is -2.42. The molecule has 0 aromatic heterocycles. The second-order valence-corrected chi connectivity index (χ2v) is 6.51. The Bertz CT molecular complexity index is 644. The van der Waals surface area contributed by atoms with Gasteiger partial charge in [0.2, 0.25) is 0 Å². The molecule has 1 saturated heterocycles. The molecule has 2 rings (SSSR count). The van der Waals surface area contributed by atoms with Crippen molar-refractivity contribution in [3.63, 3.8) is 0 Å². The molecule has 1 fully saturated rings. The number of rotatable bonds is 7. The number of ether oxygens (including phenoxy) is 2. The smallest absolute Gasteiger partial charge is 0.406 e. The maximum absolute atomic E-state index is 12.1. The first kappa shape index (κ1) is 22.0. The Hall–Kier alpha value is -2.33. The van der Waals surface area contributed by atoms with Gasteiger partial charge < -0.3 is 25.0 Å². The Kier molecular flexibility index (Phi) is 8.06. The molecule has 0 spiro atoms. The van der Waals surface area contributed by atoms with E-state index >= 15 is 0 Å². The molecule has 0 saturated carbocycles. The van der Waals surface area contributed by atoms with Crippen LogP contribution in [-0.2, 0) is 14.3 Å². The molecule has 1 aliphatic rings. The molecule has 0 atom stereocenters. The van der Waals surface area contributed by atoms with E-state index in [4.69, 9.17) is 4.74 Å². The Morgan fingerprint density at radius 3 is 2.36 bits per heavy atom. The maximum Gasteiger partial charge on any atom is 0.573 e. The van der Waals surface area contributed by atoms with E-state index in [1.54, 1.807) is 7.11 Å². The highest BCUT2D eigenvalue weighted by Gasteiger charge is 2.31. The first-order valence-electron chi connectivity index (χ1n) is 8.93. The van der Waals surface area contributed by atoms with Crippen molar-refractivity contribution in [3.05, 3.63) is 24.3 Å². The number of hydrogen-bond donors (Lipinski definition) is 2. The number of anilines is 1. The third-order valence-corrected chi connectivity index (χ3v) is 4.42. The fourth-order valence-electron chi connectivity index (χ4n) is 2.88. The lowest BCUT2D eigenvalue weighted by Gasteiger charge is -2.31. The highest BCUT2D eigenvalue weighted by Crippen LogP contribution is 2.24. The van der Waals surface area contributed by atoms with Crippen LogP contribution in [0.25, 0.3) is 0 Å². The second kappa shape index (κ2) is 10.3. The van der Waals surface area contributed by atoms with E-state index in [1.165, 1.54) is 12.1 Å². The fraction of sp³-hybridized carbons (Fsp3) is 0.556. The van der Waals surface area contributed by atoms with Crippen LogP contribution >= 0.6 is 0 Å². The van der Waals surface area contributed by atoms with E-state index < -0.39 is 23.9 Å². The summed E-state index contributed by atoms with van der Waals surface area (Å²) in [6.07, 6.45) is -2.94. The van der Waals surface area contributed by atoms with Gasteiger partial charge in [0.25, 0.3) is 0 Å². The minimum absolute atomic E-state index is 0.195. The van der Waals surface area contributed by atoms with Crippen LogP contribution in [-0.4, -0.2) is 63.0 Å². The molecule has 0 unspecified atom stereocenters. The number of halogens is 3. The monoisotopic (exact) mass is 403 g/mol. The quantitative estimate of drug-likeness (QED) is 0.681. The summed E-state index contributed by atoms with van der Waals surface area (Å²) in [5, 5.41) is 4.95. The molecule has 1 aliphatic heterocycles. The van der Waals surface area contributed by atoms with Gasteiger partial charge in [-0.3, -0.25) is 9.59 Å². The number of benzene rings is 1. The molecule has 1 aromatic carbocycles. The molecule has 10 heteroatoms. The van der Waals surface area contributed by atoms with Crippen molar-refractivity contribution in [1.29, 1.82) is 0 Å². The van der Waals surface area contributed by atoms with Crippen LogP contribution in [0.4, 0.5) is 18.9 Å². The van der Waals surface area contributed by atoms with Crippen molar-refractivity contribution >= 4 is 17.5 Å². The van der Waals surface area contributed by atoms with Crippen molar-refractivity contribution in [2.24, 2.45) is 5.92 Å². The van der Waals surface area contributed by atoms with Crippen molar-refractivity contribution < 1.29 is 32.2 Å². The normalized spacial score (nSPS) is 15.9. The summed E-state index contributed by atoms with van der Waals surface area (Å²) in [7, 11) is 1.66. The first-order chi connectivity index (χ1) is 13.3. The lowest BCUT2D eigenvalue weighted by atomic mass is 9.97. The molecule has 0 aliphatic carbocycles. The van der Waals surface area contributed by atoms with Crippen LogP contribution in [0.3, 0.4) is 0 Å². The molecule has 2 N–H and O–H groups in total. The van der Waals surface area contributed by atoms with E-state index in [0.717, 1.165) is 44.6 Å². The van der Waals surface area contributed by atoms with Gasteiger partial charge in [-0.15, -0.1) is 13.2 Å². The molecular formula is C18H24F3N3O4. The summed E-state index contributed by atoms with van der Waals surface area (Å²) in [6.45, 7) is 3.81. The van der Waals surface area contributed by atoms with Crippen LogP contribution in [0.1, 0.15) is 12.8 Å². The van der Waals surface area contributed by atoms with E-state index in [1.807, 2.05) is 0 Å². The highest BCUT2D eigenvalue weighted by molar-refractivity contribution is 6.39. The molecule has 0 radical (unpaired) electrons. The molecule has 28 heavy (non-hydrogen) atoms. The van der Waals surface area contributed by atoms with Crippen LogP contribution in [0.2, 0.25) is 0 Å². The van der Waals surface area contributed by atoms with Gasteiger partial charge in [-0.05, 0) is 56.1 Å². The van der Waals surface area contributed by atoms with E-state index in [9.17, 15) is 22.8 Å². The number of hydrogen-bond acceptors (Lipinski definition) is 5. The summed E-state index contributed by atoms with van der Waals surface area (Å²) < 4.78 is 45.2. The van der Waals surface area contributed by atoms with Gasteiger partial charge in [0, 0.05) is 25.9 Å². The lowest BCUT2D eigenvalue weighted by molar-refractivity contribution is -0.274. The van der Waals surface area contributed by atoms with Crippen molar-refractivity contribution in [3.8, 4) is 5.75 Å². The summed E-state index contributed by atoms with van der Waals surface area (Å²) in [4.78, 5) is 26.1. The Balaban J connectivity index is 1.71. The molecule has 2 amide bonds. The molecule has 0 bridgehead atoms. The van der Waals surface area contributed by atoms with Gasteiger partial charge in [0.05, 0.1) is 6.61 Å². The number of methoxy groups -OCH3 is 1. The second-order valence-electron chi connectivity index (χ2n) is 6.51. The Morgan fingerprint density at radius 1 is 1.14 bits per heavy atom. The molecule has 1 heterocycles. The van der Waals surface area contributed by atoms with Gasteiger partial charge >= 0.3 is 18.2 Å². The van der Waals surface area contributed by atoms with Crippen molar-refractivity contribution in [1.82, 2.24) is 10.2 Å². The Morgan fingerprint density at radius 2 is 1.79 bits per heavy atom. The molecule has 156 valence electrons. The van der Waals surface area contributed by atoms with Crippen LogP contribution in [0, 0.1) is 5.92 Å². The minimum atomic E-state index is -4.79. The number of likely N-dealkylation sites (tertiary alicyclic amines) is 1. The van der Waals surface area contributed by atoms with E-state index in [0.29, 0.717) is 19.1 Å². The average Bonchev–Trinajstić information content (AvgIpc) is 2.65. The predicted octanol–water partition coefficient (Wildman–Crippen LogP) is 2.00. The summed E-state index contributed by atoms with van der Waals surface area (Å²) in [5.41, 5.74) is 0.195. The molecule has 7 nitrogen and oxygen atoms in total. The molecule has 1 aromatic rings. The standard InChI is InChI=1S/C18H24F3N3O4/c1-27-11-10-24-8-6-13(7-9-24)12-22-16(25)17(26)23-14-2-4-15(5-3-14)28-18(19,20)21/h2-5,13H,6-12H2,1H3,(H,22,25)(H,23,26). The van der Waals surface area contributed by atoms with Gasteiger partial charge in [0.1, 0.15) is 5.75 Å². The topological polar surface area (TPSA) is 79.9 Å². The number of piperidine rings is 1. The number of carbonyl (C=O) groups is 2. The van der Waals surface area contributed by atoms with Crippen LogP contribution in [0.15, 0.2) is 24.3 Å². The van der Waals surface area contributed by atoms with Crippen molar-refractivity contribution in [2.75, 3.05) is 45.2 Å². The largest absolute Gasteiger partial charge is 0.573 e. The fourth-order valence-corrected chi connectivity index (χ4v) is 2.88. The minimum Gasteiger partial charge on any atom is -0.406 e. The SMILES string of the molecule is COCCN1CCC(CNC(=O)C(=O)Nc2ccc(OC(F)(F)F)cc2)CC1. The Labute approximate surface area is 161 Å². The van der Waals surface area contributed by atoms with E-state index in [2.05, 4.69) is 20.3 Å². The van der Waals surface area contributed by atoms with Gasteiger partial charge in [-0.2, -0.15) is 0 Å². The van der Waals surface area contributed by atoms with Crippen molar-refractivity contribution in [2.45, 2.75) is 19.2 Å². The number of alkyl halides is 3. The van der Waals surface area contributed by atoms with Gasteiger partial charge in [-0.1, -0.05) is 0 Å². The number of nitrogens with zero attached hydrogens (tertiary/aromatic N) is 1. The zero-order chi connectivity index (χ0) is 20.6. The zero-order valence-electron chi connectivity index (χ0n) is 15.6. The number of carbonyl (C=O) groups excluding carboxylic acids is 2. The predicted molar refractivity (Wildman–Crippen MR) is 95.8 cm³/mol. The van der Waals surface area contributed by atoms with Crippen LogP contribution < -0.4 is 15.4 Å². The molecular weight excluding hydrogens is 379 g/mol. The third kappa shape index (κ3) is 7.73. The number of nitrogens with one attached hydrogen (secondary N) is 2. The van der Waals surface area contributed by atoms with Gasteiger partial charge in [0.15, 0.2) is 0 Å².